The molecule has 2 saturated carbocycles. The number of rotatable bonds is 2. The highest BCUT2D eigenvalue weighted by molar-refractivity contribution is 5.06. The lowest BCUT2D eigenvalue weighted by atomic mass is 9.63. The van der Waals surface area contributed by atoms with Gasteiger partial charge in [0.05, 0.1) is 12.2 Å². The molecule has 2 aliphatic carbocycles. The summed E-state index contributed by atoms with van der Waals surface area (Å²) >= 11 is 0. The van der Waals surface area contributed by atoms with E-state index in [0.29, 0.717) is 6.04 Å². The van der Waals surface area contributed by atoms with Gasteiger partial charge in [-0.25, -0.2) is 0 Å². The minimum absolute atomic E-state index is 0.205. The van der Waals surface area contributed by atoms with Crippen LogP contribution in [0.4, 0.5) is 0 Å². The van der Waals surface area contributed by atoms with E-state index in [1.165, 1.54) is 51.4 Å². The lowest BCUT2D eigenvalue weighted by Crippen LogP contribution is -2.65. The summed E-state index contributed by atoms with van der Waals surface area (Å²) in [6.45, 7) is 4.35. The van der Waals surface area contributed by atoms with Gasteiger partial charge in [0.15, 0.2) is 0 Å². The summed E-state index contributed by atoms with van der Waals surface area (Å²) in [6, 6.07) is 0.662. The number of nitrogens with one attached hydrogen (secondary N) is 1. The van der Waals surface area contributed by atoms with Crippen LogP contribution in [0, 0.1) is 11.8 Å². The summed E-state index contributed by atoms with van der Waals surface area (Å²) in [5, 5.41) is 3.82. The molecule has 3 fully saturated rings. The van der Waals surface area contributed by atoms with Crippen LogP contribution in [0.5, 0.6) is 0 Å². The molecule has 1 aliphatic heterocycles. The maximum absolute atomic E-state index is 6.42. The van der Waals surface area contributed by atoms with Gasteiger partial charge in [-0.2, -0.15) is 0 Å². The van der Waals surface area contributed by atoms with E-state index in [4.69, 9.17) is 4.74 Å². The largest absolute Gasteiger partial charge is 0.372 e. The van der Waals surface area contributed by atoms with Crippen molar-refractivity contribution in [3.05, 3.63) is 0 Å². The second-order valence-electron chi connectivity index (χ2n) is 6.28. The summed E-state index contributed by atoms with van der Waals surface area (Å²) in [6.07, 6.45) is 11.1. The summed E-state index contributed by atoms with van der Waals surface area (Å²) < 4.78 is 6.42. The van der Waals surface area contributed by atoms with E-state index in [1.807, 2.05) is 0 Å². The number of morpholine rings is 1. The molecule has 3 aliphatic rings. The Kier molecular flexibility index (Phi) is 3.45. The smallest absolute Gasteiger partial charge is 0.0865 e. The second-order valence-corrected chi connectivity index (χ2v) is 6.28. The van der Waals surface area contributed by atoms with Gasteiger partial charge >= 0.3 is 0 Å². The normalized spacial score (nSPS) is 43.6. The predicted molar refractivity (Wildman–Crippen MR) is 70.1 cm³/mol. The van der Waals surface area contributed by atoms with E-state index in [-0.39, 0.29) is 5.60 Å². The first-order chi connectivity index (χ1) is 8.37. The van der Waals surface area contributed by atoms with Crippen LogP contribution < -0.4 is 5.32 Å². The minimum atomic E-state index is 0.205. The van der Waals surface area contributed by atoms with Crippen molar-refractivity contribution >= 4 is 0 Å². The van der Waals surface area contributed by atoms with Gasteiger partial charge in [0.2, 0.25) is 0 Å². The van der Waals surface area contributed by atoms with Gasteiger partial charge in [-0.1, -0.05) is 32.6 Å². The molecule has 3 rings (SSSR count). The summed E-state index contributed by atoms with van der Waals surface area (Å²) in [5.74, 6) is 1.71. The highest BCUT2D eigenvalue weighted by Gasteiger charge is 2.51. The highest BCUT2D eigenvalue weighted by Crippen LogP contribution is 2.47. The molecule has 0 aromatic heterocycles. The lowest BCUT2D eigenvalue weighted by Gasteiger charge is -2.55. The van der Waals surface area contributed by atoms with Crippen molar-refractivity contribution < 1.29 is 4.74 Å². The molecular formula is C15H27NO. The van der Waals surface area contributed by atoms with Gasteiger partial charge in [-0.15, -0.1) is 0 Å². The van der Waals surface area contributed by atoms with E-state index in [1.54, 1.807) is 0 Å². The van der Waals surface area contributed by atoms with Crippen molar-refractivity contribution in [1.29, 1.82) is 0 Å². The van der Waals surface area contributed by atoms with Crippen LogP contribution in [0.2, 0.25) is 0 Å². The molecule has 3 unspecified atom stereocenters. The van der Waals surface area contributed by atoms with Crippen molar-refractivity contribution in [1.82, 2.24) is 5.32 Å². The standard InChI is InChI=1S/C15H27NO/c1-2-13-8-3-4-9-15(13)14(12-6-5-7-12)16-10-11-17-15/h12-14,16H,2-11H2,1H3. The Morgan fingerprint density at radius 1 is 1.18 bits per heavy atom. The fourth-order valence-electron chi connectivity index (χ4n) is 4.45. The Balaban J connectivity index is 1.83. The molecule has 0 bridgehead atoms. The van der Waals surface area contributed by atoms with Gasteiger partial charge in [0, 0.05) is 12.6 Å². The molecule has 1 saturated heterocycles. The minimum Gasteiger partial charge on any atom is -0.372 e. The molecule has 3 atom stereocenters. The molecule has 0 aromatic carbocycles. The van der Waals surface area contributed by atoms with Gasteiger partial charge in [0.25, 0.3) is 0 Å². The van der Waals surface area contributed by atoms with Crippen LogP contribution in [0.1, 0.15) is 58.3 Å². The molecule has 98 valence electrons. The van der Waals surface area contributed by atoms with Crippen LogP contribution >= 0.6 is 0 Å². The average Bonchev–Trinajstić information content (AvgIpc) is 2.31. The van der Waals surface area contributed by atoms with E-state index < -0.39 is 0 Å². The topological polar surface area (TPSA) is 21.3 Å². The Morgan fingerprint density at radius 2 is 2.06 bits per heavy atom. The molecule has 1 N–H and O–H groups in total. The summed E-state index contributed by atoms with van der Waals surface area (Å²) in [4.78, 5) is 0. The van der Waals surface area contributed by atoms with E-state index in [0.717, 1.165) is 25.0 Å². The first kappa shape index (κ1) is 12.0. The summed E-state index contributed by atoms with van der Waals surface area (Å²) in [5.41, 5.74) is 0.205. The third-order valence-electron chi connectivity index (χ3n) is 5.54. The third-order valence-corrected chi connectivity index (χ3v) is 5.54. The molecule has 2 heteroatoms. The summed E-state index contributed by atoms with van der Waals surface area (Å²) in [7, 11) is 0. The molecule has 2 nitrogen and oxygen atoms in total. The highest BCUT2D eigenvalue weighted by atomic mass is 16.5. The SMILES string of the molecule is CCC1CCCCC12OCCNC2C1CCC1. The fourth-order valence-corrected chi connectivity index (χ4v) is 4.45. The fraction of sp³-hybridized carbons (Fsp3) is 1.00. The monoisotopic (exact) mass is 237 g/mol. The van der Waals surface area contributed by atoms with Crippen molar-refractivity contribution in [3.63, 3.8) is 0 Å². The first-order valence-corrected chi connectivity index (χ1v) is 7.74. The molecule has 0 amide bonds. The van der Waals surface area contributed by atoms with Gasteiger partial charge in [-0.05, 0) is 37.5 Å². The van der Waals surface area contributed by atoms with Gasteiger partial charge in [-0.3, -0.25) is 0 Å². The van der Waals surface area contributed by atoms with Crippen molar-refractivity contribution in [2.45, 2.75) is 69.9 Å². The van der Waals surface area contributed by atoms with Crippen LogP contribution in [0.25, 0.3) is 0 Å². The lowest BCUT2D eigenvalue weighted by molar-refractivity contribution is -0.169. The molecule has 0 radical (unpaired) electrons. The predicted octanol–water partition coefficient (Wildman–Crippen LogP) is 3.11. The number of hydrogen-bond acceptors (Lipinski definition) is 2. The molecular weight excluding hydrogens is 210 g/mol. The Bertz CT molecular complexity index is 258. The van der Waals surface area contributed by atoms with Gasteiger partial charge in [0.1, 0.15) is 0 Å². The van der Waals surface area contributed by atoms with Crippen molar-refractivity contribution in [2.75, 3.05) is 13.2 Å². The van der Waals surface area contributed by atoms with E-state index in [2.05, 4.69) is 12.2 Å². The Hall–Kier alpha value is -0.0800. The molecule has 1 spiro atoms. The molecule has 17 heavy (non-hydrogen) atoms. The second kappa shape index (κ2) is 4.89. The zero-order valence-corrected chi connectivity index (χ0v) is 11.2. The van der Waals surface area contributed by atoms with Crippen LogP contribution in [-0.2, 0) is 4.74 Å². The molecule has 1 heterocycles. The van der Waals surface area contributed by atoms with Crippen LogP contribution in [0.3, 0.4) is 0 Å². The van der Waals surface area contributed by atoms with E-state index >= 15 is 0 Å². The van der Waals surface area contributed by atoms with Crippen molar-refractivity contribution in [3.8, 4) is 0 Å². The number of hydrogen-bond donors (Lipinski definition) is 1. The molecule has 0 aromatic rings. The average molecular weight is 237 g/mol. The van der Waals surface area contributed by atoms with Crippen LogP contribution in [-0.4, -0.2) is 24.8 Å². The number of ether oxygens (including phenoxy) is 1. The zero-order chi connectivity index (χ0) is 11.7. The Labute approximate surface area is 105 Å². The van der Waals surface area contributed by atoms with Crippen molar-refractivity contribution in [2.24, 2.45) is 11.8 Å². The van der Waals surface area contributed by atoms with Crippen LogP contribution in [0.15, 0.2) is 0 Å². The van der Waals surface area contributed by atoms with Gasteiger partial charge < -0.3 is 10.1 Å². The maximum atomic E-state index is 6.42. The quantitative estimate of drug-likeness (QED) is 0.797. The maximum Gasteiger partial charge on any atom is 0.0865 e. The zero-order valence-electron chi connectivity index (χ0n) is 11.2. The van der Waals surface area contributed by atoms with E-state index in [9.17, 15) is 0 Å². The Morgan fingerprint density at radius 3 is 2.76 bits per heavy atom. The third kappa shape index (κ3) is 1.94. The first-order valence-electron chi connectivity index (χ1n) is 7.74.